The van der Waals surface area contributed by atoms with E-state index < -0.39 is 12.2 Å². The summed E-state index contributed by atoms with van der Waals surface area (Å²) in [5, 5.41) is 17.6. The van der Waals surface area contributed by atoms with E-state index in [0.717, 1.165) is 0 Å². The van der Waals surface area contributed by atoms with Gasteiger partial charge < -0.3 is 10.2 Å². The smallest absolute Gasteiger partial charge is 0.158 e. The van der Waals surface area contributed by atoms with Crippen LogP contribution in [-0.4, -0.2) is 28.2 Å². The molecule has 0 aromatic heterocycles. The van der Waals surface area contributed by atoms with Gasteiger partial charge in [0.05, 0.1) is 12.2 Å². The SMILES string of the molecule is O=C1C=C[C@@H](O)[C@@H](O)C1. The summed E-state index contributed by atoms with van der Waals surface area (Å²) in [4.78, 5) is 10.5. The van der Waals surface area contributed by atoms with Crippen molar-refractivity contribution in [3.63, 3.8) is 0 Å². The second-order valence-electron chi connectivity index (χ2n) is 2.09. The maximum atomic E-state index is 10.5. The standard InChI is InChI=1S/C6H8O3/c7-4-1-2-5(8)6(9)3-4/h1-2,5-6,8-9H,3H2/t5-,6+/m1/s1. The summed E-state index contributed by atoms with van der Waals surface area (Å²) >= 11 is 0. The van der Waals surface area contributed by atoms with Gasteiger partial charge >= 0.3 is 0 Å². The van der Waals surface area contributed by atoms with E-state index in [1.165, 1.54) is 12.2 Å². The van der Waals surface area contributed by atoms with Gasteiger partial charge in [0.2, 0.25) is 0 Å². The van der Waals surface area contributed by atoms with E-state index in [2.05, 4.69) is 0 Å². The van der Waals surface area contributed by atoms with Crippen LogP contribution in [-0.2, 0) is 4.79 Å². The molecule has 1 aliphatic rings. The van der Waals surface area contributed by atoms with Crippen LogP contribution in [0.5, 0.6) is 0 Å². The first-order valence-corrected chi connectivity index (χ1v) is 2.77. The average molecular weight is 128 g/mol. The minimum atomic E-state index is -0.900. The van der Waals surface area contributed by atoms with Gasteiger partial charge in [-0.1, -0.05) is 6.08 Å². The largest absolute Gasteiger partial charge is 0.390 e. The molecular formula is C6H8O3. The molecule has 3 nitrogen and oxygen atoms in total. The Labute approximate surface area is 52.6 Å². The maximum absolute atomic E-state index is 10.5. The van der Waals surface area contributed by atoms with E-state index in [1.807, 2.05) is 0 Å². The molecule has 3 heteroatoms. The summed E-state index contributed by atoms with van der Waals surface area (Å²) in [5.41, 5.74) is 0. The molecule has 0 fully saturated rings. The molecule has 9 heavy (non-hydrogen) atoms. The molecule has 0 heterocycles. The van der Waals surface area contributed by atoms with Crippen molar-refractivity contribution in [2.75, 3.05) is 0 Å². The van der Waals surface area contributed by atoms with Crippen LogP contribution in [0.1, 0.15) is 6.42 Å². The number of ketones is 1. The van der Waals surface area contributed by atoms with E-state index >= 15 is 0 Å². The molecular weight excluding hydrogens is 120 g/mol. The summed E-state index contributed by atoms with van der Waals surface area (Å²) in [6.07, 6.45) is 0.871. The highest BCUT2D eigenvalue weighted by atomic mass is 16.3. The second kappa shape index (κ2) is 2.29. The van der Waals surface area contributed by atoms with Gasteiger partial charge in [-0.3, -0.25) is 4.79 Å². The number of allylic oxidation sites excluding steroid dienone is 1. The molecule has 1 rings (SSSR count). The van der Waals surface area contributed by atoms with E-state index in [1.54, 1.807) is 0 Å². The van der Waals surface area contributed by atoms with Crippen LogP contribution in [0.3, 0.4) is 0 Å². The quantitative estimate of drug-likeness (QED) is 0.450. The Hall–Kier alpha value is -0.670. The lowest BCUT2D eigenvalue weighted by Crippen LogP contribution is -2.29. The van der Waals surface area contributed by atoms with Crippen LogP contribution in [0.4, 0.5) is 0 Å². The zero-order valence-corrected chi connectivity index (χ0v) is 4.82. The van der Waals surface area contributed by atoms with Crippen LogP contribution in [0.2, 0.25) is 0 Å². The summed E-state index contributed by atoms with van der Waals surface area (Å²) in [7, 11) is 0. The predicted molar refractivity (Wildman–Crippen MR) is 30.8 cm³/mol. The number of hydrogen-bond donors (Lipinski definition) is 2. The number of rotatable bonds is 0. The van der Waals surface area contributed by atoms with Crippen molar-refractivity contribution in [1.82, 2.24) is 0 Å². The van der Waals surface area contributed by atoms with Gasteiger partial charge in [0.1, 0.15) is 0 Å². The summed E-state index contributed by atoms with van der Waals surface area (Å²) in [5.74, 6) is -0.132. The van der Waals surface area contributed by atoms with Crippen LogP contribution >= 0.6 is 0 Å². The fourth-order valence-corrected chi connectivity index (χ4v) is 0.729. The third kappa shape index (κ3) is 1.37. The van der Waals surface area contributed by atoms with Crippen molar-refractivity contribution in [3.8, 4) is 0 Å². The number of aliphatic hydroxyl groups excluding tert-OH is 2. The normalized spacial score (nSPS) is 35.1. The second-order valence-corrected chi connectivity index (χ2v) is 2.09. The van der Waals surface area contributed by atoms with Crippen molar-refractivity contribution < 1.29 is 15.0 Å². The van der Waals surface area contributed by atoms with E-state index in [0.29, 0.717) is 0 Å². The van der Waals surface area contributed by atoms with Crippen molar-refractivity contribution in [3.05, 3.63) is 12.2 Å². The molecule has 0 saturated heterocycles. The Kier molecular flexibility index (Phi) is 1.64. The lowest BCUT2D eigenvalue weighted by molar-refractivity contribution is -0.118. The first-order valence-electron chi connectivity index (χ1n) is 2.77. The minimum Gasteiger partial charge on any atom is -0.390 e. The van der Waals surface area contributed by atoms with Crippen LogP contribution in [0.25, 0.3) is 0 Å². The topological polar surface area (TPSA) is 57.5 Å². The molecule has 0 aliphatic heterocycles. The third-order valence-electron chi connectivity index (χ3n) is 1.28. The molecule has 1 aliphatic carbocycles. The van der Waals surface area contributed by atoms with Gasteiger partial charge in [0.25, 0.3) is 0 Å². The highest BCUT2D eigenvalue weighted by Crippen LogP contribution is 2.07. The summed E-state index contributed by atoms with van der Waals surface area (Å²) in [6, 6.07) is 0. The molecule has 0 bridgehead atoms. The zero-order valence-electron chi connectivity index (χ0n) is 4.82. The van der Waals surface area contributed by atoms with E-state index in [-0.39, 0.29) is 12.2 Å². The fraction of sp³-hybridized carbons (Fsp3) is 0.500. The number of carbonyl (C=O) groups excluding carboxylic acids is 1. The van der Waals surface area contributed by atoms with Gasteiger partial charge in [0.15, 0.2) is 5.78 Å². The van der Waals surface area contributed by atoms with Crippen molar-refractivity contribution in [2.45, 2.75) is 18.6 Å². The third-order valence-corrected chi connectivity index (χ3v) is 1.28. The van der Waals surface area contributed by atoms with Crippen molar-refractivity contribution in [1.29, 1.82) is 0 Å². The Morgan fingerprint density at radius 1 is 1.56 bits per heavy atom. The molecule has 2 N–H and O–H groups in total. The van der Waals surface area contributed by atoms with Gasteiger partial charge in [-0.05, 0) is 6.08 Å². The van der Waals surface area contributed by atoms with E-state index in [4.69, 9.17) is 10.2 Å². The number of hydrogen-bond acceptors (Lipinski definition) is 3. The van der Waals surface area contributed by atoms with Gasteiger partial charge in [0, 0.05) is 6.42 Å². The molecule has 0 radical (unpaired) electrons. The average Bonchev–Trinajstić information content (AvgIpc) is 1.80. The van der Waals surface area contributed by atoms with Crippen molar-refractivity contribution >= 4 is 5.78 Å². The highest BCUT2D eigenvalue weighted by Gasteiger charge is 2.20. The summed E-state index contributed by atoms with van der Waals surface area (Å²) < 4.78 is 0. The molecule has 0 aromatic rings. The molecule has 0 spiro atoms. The van der Waals surface area contributed by atoms with Crippen LogP contribution < -0.4 is 0 Å². The summed E-state index contributed by atoms with van der Waals surface area (Å²) in [6.45, 7) is 0. The molecule has 50 valence electrons. The molecule has 0 saturated carbocycles. The van der Waals surface area contributed by atoms with Gasteiger partial charge in [-0.25, -0.2) is 0 Å². The zero-order chi connectivity index (χ0) is 6.85. The lowest BCUT2D eigenvalue weighted by Gasteiger charge is -2.15. The molecule has 0 amide bonds. The van der Waals surface area contributed by atoms with Gasteiger partial charge in [-0.15, -0.1) is 0 Å². The Morgan fingerprint density at radius 2 is 2.22 bits per heavy atom. The predicted octanol–water partition coefficient (Wildman–Crippen LogP) is -0.763. The molecule has 2 atom stereocenters. The van der Waals surface area contributed by atoms with Crippen LogP contribution in [0.15, 0.2) is 12.2 Å². The first kappa shape index (κ1) is 6.45. The van der Waals surface area contributed by atoms with Gasteiger partial charge in [-0.2, -0.15) is 0 Å². The molecule has 0 aromatic carbocycles. The van der Waals surface area contributed by atoms with Crippen molar-refractivity contribution in [2.24, 2.45) is 0 Å². The lowest BCUT2D eigenvalue weighted by atomic mass is 10.0. The number of carbonyl (C=O) groups is 1. The number of aliphatic hydroxyl groups is 2. The van der Waals surface area contributed by atoms with E-state index in [9.17, 15) is 4.79 Å². The highest BCUT2D eigenvalue weighted by molar-refractivity contribution is 5.91. The van der Waals surface area contributed by atoms with Crippen LogP contribution in [0, 0.1) is 0 Å². The molecule has 0 unspecified atom stereocenters. The Bertz CT molecular complexity index is 150. The minimum absolute atomic E-state index is 0.0394. The Morgan fingerprint density at radius 3 is 2.67 bits per heavy atom. The fourth-order valence-electron chi connectivity index (χ4n) is 0.729. The monoisotopic (exact) mass is 128 g/mol. The maximum Gasteiger partial charge on any atom is 0.158 e. The Balaban J connectivity index is 2.65. The first-order chi connectivity index (χ1) is 4.20.